The van der Waals surface area contributed by atoms with Crippen molar-refractivity contribution in [2.75, 3.05) is 5.32 Å². The summed E-state index contributed by atoms with van der Waals surface area (Å²) in [5.41, 5.74) is 2.11. The molecule has 0 atom stereocenters. The van der Waals surface area contributed by atoms with Crippen LogP contribution in [0.25, 0.3) is 5.70 Å². The summed E-state index contributed by atoms with van der Waals surface area (Å²) in [7, 11) is 0. The fraction of sp³-hybridized carbons (Fsp3) is 0.158. The Hall–Kier alpha value is -2.89. The molecule has 1 heterocycles. The quantitative estimate of drug-likeness (QED) is 0.709. The van der Waals surface area contributed by atoms with Crippen molar-refractivity contribution in [1.82, 2.24) is 4.98 Å². The first-order chi connectivity index (χ1) is 11.7. The van der Waals surface area contributed by atoms with Crippen LogP contribution in [0.2, 0.25) is 0 Å². The molecule has 2 N–H and O–H groups in total. The van der Waals surface area contributed by atoms with Crippen molar-refractivity contribution in [3.63, 3.8) is 0 Å². The van der Waals surface area contributed by atoms with Gasteiger partial charge in [0.25, 0.3) is 0 Å². The summed E-state index contributed by atoms with van der Waals surface area (Å²) in [6, 6.07) is 6.67. The Morgan fingerprint density at radius 2 is 2.00 bits per heavy atom. The third-order valence-corrected chi connectivity index (χ3v) is 3.54. The second kappa shape index (κ2) is 7.34. The fourth-order valence-corrected chi connectivity index (χ4v) is 2.26. The predicted octanol–water partition coefficient (Wildman–Crippen LogP) is 5.44. The number of anilines is 1. The smallest absolute Gasteiger partial charge is 0.354 e. The molecule has 6 heteroatoms. The largest absolute Gasteiger partial charge is 0.416 e. The van der Waals surface area contributed by atoms with Crippen molar-refractivity contribution < 1.29 is 13.2 Å². The molecular formula is C19H18F3N3. The second-order valence-corrected chi connectivity index (χ2v) is 5.45. The van der Waals surface area contributed by atoms with Gasteiger partial charge in [-0.3, -0.25) is 4.98 Å². The molecule has 1 aromatic heterocycles. The zero-order valence-electron chi connectivity index (χ0n) is 13.9. The minimum atomic E-state index is -4.41. The van der Waals surface area contributed by atoms with E-state index < -0.39 is 11.7 Å². The van der Waals surface area contributed by atoms with Crippen LogP contribution in [0, 0.1) is 12.3 Å². The van der Waals surface area contributed by atoms with E-state index in [1.165, 1.54) is 6.07 Å². The molecule has 0 amide bonds. The number of nitrogens with one attached hydrogen (secondary N) is 2. The molecule has 130 valence electrons. The number of pyridine rings is 1. The highest BCUT2D eigenvalue weighted by atomic mass is 19.4. The van der Waals surface area contributed by atoms with Crippen molar-refractivity contribution in [3.8, 4) is 0 Å². The number of hydrogen-bond donors (Lipinski definition) is 2. The van der Waals surface area contributed by atoms with Crippen LogP contribution in [-0.2, 0) is 6.18 Å². The molecule has 3 nitrogen and oxygen atoms in total. The maximum atomic E-state index is 12.8. The number of allylic oxidation sites excluding steroid dienone is 2. The maximum Gasteiger partial charge on any atom is 0.416 e. The Morgan fingerprint density at radius 3 is 2.64 bits per heavy atom. The minimum absolute atomic E-state index is 0.306. The van der Waals surface area contributed by atoms with Crippen LogP contribution in [0.1, 0.15) is 29.3 Å². The first-order valence-corrected chi connectivity index (χ1v) is 7.54. The van der Waals surface area contributed by atoms with Gasteiger partial charge in [0.15, 0.2) is 0 Å². The molecule has 0 spiro atoms. The van der Waals surface area contributed by atoms with E-state index in [0.717, 1.165) is 12.1 Å². The van der Waals surface area contributed by atoms with E-state index in [1.54, 1.807) is 37.4 Å². The normalized spacial score (nSPS) is 11.6. The standard InChI is InChI=1S/C19H18F3N3/c1-4-6-18(23)17-10-16(11-24-13(17)3)25-12(2)14-7-5-8-15(9-14)19(20,21)22/h4-11,23,25H,2H2,1,3H3/b6-4-,23-18?. The van der Waals surface area contributed by atoms with E-state index in [4.69, 9.17) is 5.41 Å². The van der Waals surface area contributed by atoms with Crippen LogP contribution < -0.4 is 5.32 Å². The van der Waals surface area contributed by atoms with Crippen LogP contribution in [0.3, 0.4) is 0 Å². The molecule has 0 radical (unpaired) electrons. The van der Waals surface area contributed by atoms with Gasteiger partial charge in [-0.2, -0.15) is 13.2 Å². The summed E-state index contributed by atoms with van der Waals surface area (Å²) in [5, 5.41) is 11.0. The number of halogens is 3. The van der Waals surface area contributed by atoms with Crippen molar-refractivity contribution in [1.29, 1.82) is 5.41 Å². The number of aryl methyl sites for hydroxylation is 1. The van der Waals surface area contributed by atoms with Gasteiger partial charge in [0.2, 0.25) is 0 Å². The molecule has 0 aliphatic heterocycles. The number of nitrogens with zero attached hydrogens (tertiary/aromatic N) is 1. The maximum absolute atomic E-state index is 12.8. The van der Waals surface area contributed by atoms with Crippen molar-refractivity contribution >= 4 is 17.1 Å². The lowest BCUT2D eigenvalue weighted by molar-refractivity contribution is -0.137. The first-order valence-electron chi connectivity index (χ1n) is 7.54. The van der Waals surface area contributed by atoms with Crippen LogP contribution in [0.5, 0.6) is 0 Å². The van der Waals surface area contributed by atoms with E-state index >= 15 is 0 Å². The lowest BCUT2D eigenvalue weighted by Crippen LogP contribution is -2.07. The highest BCUT2D eigenvalue weighted by molar-refractivity contribution is 6.07. The van der Waals surface area contributed by atoms with Gasteiger partial charge in [0.1, 0.15) is 0 Å². The fourth-order valence-electron chi connectivity index (χ4n) is 2.26. The second-order valence-electron chi connectivity index (χ2n) is 5.45. The lowest BCUT2D eigenvalue weighted by Gasteiger charge is -2.14. The Morgan fingerprint density at radius 1 is 1.28 bits per heavy atom. The van der Waals surface area contributed by atoms with Crippen LogP contribution in [-0.4, -0.2) is 10.7 Å². The molecular weight excluding hydrogens is 327 g/mol. The molecule has 0 aliphatic carbocycles. The van der Waals surface area contributed by atoms with Gasteiger partial charge in [-0.05, 0) is 43.7 Å². The van der Waals surface area contributed by atoms with Gasteiger partial charge in [0, 0.05) is 17.0 Å². The Kier molecular flexibility index (Phi) is 5.41. The average Bonchev–Trinajstić information content (AvgIpc) is 2.56. The summed E-state index contributed by atoms with van der Waals surface area (Å²) in [4.78, 5) is 4.23. The molecule has 0 aliphatic rings. The topological polar surface area (TPSA) is 48.8 Å². The Labute approximate surface area is 144 Å². The van der Waals surface area contributed by atoms with E-state index in [-0.39, 0.29) is 0 Å². The SMILES string of the molecule is C=C(Nc1cnc(C)c(C(=N)/C=C\C)c1)c1cccc(C(F)(F)F)c1. The third-order valence-electron chi connectivity index (χ3n) is 3.54. The minimum Gasteiger partial charge on any atom is -0.354 e. The molecule has 0 fully saturated rings. The van der Waals surface area contributed by atoms with E-state index in [9.17, 15) is 13.2 Å². The van der Waals surface area contributed by atoms with Gasteiger partial charge in [-0.15, -0.1) is 0 Å². The predicted molar refractivity (Wildman–Crippen MR) is 94.7 cm³/mol. The zero-order valence-corrected chi connectivity index (χ0v) is 13.9. The summed E-state index contributed by atoms with van der Waals surface area (Å²) < 4.78 is 38.5. The summed E-state index contributed by atoms with van der Waals surface area (Å²) in [5.74, 6) is 0. The average molecular weight is 345 g/mol. The highest BCUT2D eigenvalue weighted by Crippen LogP contribution is 2.31. The van der Waals surface area contributed by atoms with Crippen LogP contribution >= 0.6 is 0 Å². The monoisotopic (exact) mass is 345 g/mol. The first kappa shape index (κ1) is 18.4. The zero-order chi connectivity index (χ0) is 18.6. The summed E-state index contributed by atoms with van der Waals surface area (Å²) in [6.07, 6.45) is 0.551. The van der Waals surface area contributed by atoms with Gasteiger partial charge in [-0.1, -0.05) is 24.8 Å². The molecule has 25 heavy (non-hydrogen) atoms. The number of aromatic nitrogens is 1. The molecule has 0 bridgehead atoms. The number of hydrogen-bond acceptors (Lipinski definition) is 3. The van der Waals surface area contributed by atoms with Crippen molar-refractivity contribution in [3.05, 3.63) is 77.6 Å². The number of benzene rings is 1. The Balaban J connectivity index is 2.27. The summed E-state index contributed by atoms with van der Waals surface area (Å²) >= 11 is 0. The molecule has 0 unspecified atom stereocenters. The molecule has 0 saturated carbocycles. The van der Waals surface area contributed by atoms with Gasteiger partial charge < -0.3 is 10.7 Å². The van der Waals surface area contributed by atoms with Crippen molar-refractivity contribution in [2.45, 2.75) is 20.0 Å². The highest BCUT2D eigenvalue weighted by Gasteiger charge is 2.30. The number of alkyl halides is 3. The van der Waals surface area contributed by atoms with Gasteiger partial charge in [-0.25, -0.2) is 0 Å². The Bertz CT molecular complexity index is 836. The van der Waals surface area contributed by atoms with E-state index in [2.05, 4.69) is 16.9 Å². The third kappa shape index (κ3) is 4.56. The van der Waals surface area contributed by atoms with Crippen LogP contribution in [0.15, 0.2) is 55.3 Å². The van der Waals surface area contributed by atoms with Crippen molar-refractivity contribution in [2.24, 2.45) is 0 Å². The lowest BCUT2D eigenvalue weighted by atomic mass is 10.1. The van der Waals surface area contributed by atoms with Crippen LogP contribution in [0.4, 0.5) is 18.9 Å². The van der Waals surface area contributed by atoms with Gasteiger partial charge >= 0.3 is 6.18 Å². The molecule has 0 saturated heterocycles. The molecule has 2 aromatic rings. The molecule has 1 aromatic carbocycles. The summed E-state index contributed by atoms with van der Waals surface area (Å²) in [6.45, 7) is 7.41. The van der Waals surface area contributed by atoms with E-state index in [0.29, 0.717) is 33.9 Å². The number of rotatable bonds is 5. The van der Waals surface area contributed by atoms with E-state index in [1.807, 2.05) is 6.92 Å². The molecule has 2 rings (SSSR count). The van der Waals surface area contributed by atoms with Gasteiger partial charge in [0.05, 0.1) is 23.2 Å².